The van der Waals surface area contributed by atoms with Crippen molar-refractivity contribution >= 4 is 29.5 Å². The van der Waals surface area contributed by atoms with E-state index in [0.29, 0.717) is 5.56 Å². The quantitative estimate of drug-likeness (QED) is 0.663. The molecule has 8 heteroatoms. The van der Waals surface area contributed by atoms with Crippen LogP contribution in [0.2, 0.25) is 0 Å². The van der Waals surface area contributed by atoms with E-state index in [1.807, 2.05) is 0 Å². The second-order valence-corrected chi connectivity index (χ2v) is 6.12. The number of carbonyl (C=O) groups excluding carboxylic acids is 4. The third kappa shape index (κ3) is 6.24. The molecule has 0 aliphatic rings. The highest BCUT2D eigenvalue weighted by Gasteiger charge is 2.17. The molecule has 2 aromatic rings. The molecular formula is C20H21N3O5. The minimum absolute atomic E-state index is 0.0891. The number of hydrogen-bond donors (Lipinski definition) is 3. The van der Waals surface area contributed by atoms with Crippen molar-refractivity contribution in [2.75, 3.05) is 11.9 Å². The Hall–Kier alpha value is -3.68. The van der Waals surface area contributed by atoms with Crippen molar-refractivity contribution in [3.63, 3.8) is 0 Å². The van der Waals surface area contributed by atoms with Gasteiger partial charge in [0.25, 0.3) is 11.8 Å². The van der Waals surface area contributed by atoms with Crippen LogP contribution in [0.3, 0.4) is 0 Å². The van der Waals surface area contributed by atoms with E-state index in [2.05, 4.69) is 16.0 Å². The largest absolute Gasteiger partial charge is 0.452 e. The lowest BCUT2D eigenvalue weighted by atomic mass is 10.1. The SMILES string of the molecule is CC(C)NC(=O)NC(=O)COC(=O)c1ccccc1NC(=O)c1ccccc1. The lowest BCUT2D eigenvalue weighted by Gasteiger charge is -2.12. The van der Waals surface area contributed by atoms with E-state index >= 15 is 0 Å². The Bertz CT molecular complexity index is 865. The van der Waals surface area contributed by atoms with Crippen LogP contribution < -0.4 is 16.0 Å². The van der Waals surface area contributed by atoms with Gasteiger partial charge in [-0.3, -0.25) is 14.9 Å². The summed E-state index contributed by atoms with van der Waals surface area (Å²) in [5.41, 5.74) is 0.770. The third-order valence-corrected chi connectivity index (χ3v) is 3.44. The number of carbonyl (C=O) groups is 4. The van der Waals surface area contributed by atoms with Crippen LogP contribution in [-0.2, 0) is 9.53 Å². The van der Waals surface area contributed by atoms with E-state index < -0.39 is 24.5 Å². The minimum atomic E-state index is -0.802. The fourth-order valence-electron chi connectivity index (χ4n) is 2.22. The van der Waals surface area contributed by atoms with Gasteiger partial charge in [0.05, 0.1) is 11.3 Å². The van der Waals surface area contributed by atoms with Gasteiger partial charge in [-0.05, 0) is 38.1 Å². The van der Waals surface area contributed by atoms with Crippen LogP contribution in [0.5, 0.6) is 0 Å². The zero-order valence-electron chi connectivity index (χ0n) is 15.5. The molecule has 0 fully saturated rings. The summed E-state index contributed by atoms with van der Waals surface area (Å²) in [5, 5.41) is 7.18. The number of imide groups is 1. The van der Waals surface area contributed by atoms with Gasteiger partial charge >= 0.3 is 12.0 Å². The topological polar surface area (TPSA) is 114 Å². The van der Waals surface area contributed by atoms with Crippen LogP contribution >= 0.6 is 0 Å². The first-order valence-corrected chi connectivity index (χ1v) is 8.59. The van der Waals surface area contributed by atoms with E-state index in [9.17, 15) is 19.2 Å². The van der Waals surface area contributed by atoms with Gasteiger partial charge in [0, 0.05) is 11.6 Å². The molecule has 3 N–H and O–H groups in total. The Morgan fingerprint density at radius 2 is 1.57 bits per heavy atom. The average molecular weight is 383 g/mol. The second-order valence-electron chi connectivity index (χ2n) is 6.12. The molecule has 0 unspecified atom stereocenters. The van der Waals surface area contributed by atoms with Crippen LogP contribution in [0, 0.1) is 0 Å². The molecule has 2 rings (SSSR count). The lowest BCUT2D eigenvalue weighted by molar-refractivity contribution is -0.123. The van der Waals surface area contributed by atoms with Crippen molar-refractivity contribution in [3.05, 3.63) is 65.7 Å². The number of ether oxygens (including phenoxy) is 1. The van der Waals surface area contributed by atoms with Crippen LogP contribution in [0.25, 0.3) is 0 Å². The van der Waals surface area contributed by atoms with Crippen LogP contribution in [0.15, 0.2) is 54.6 Å². The van der Waals surface area contributed by atoms with Gasteiger partial charge in [-0.2, -0.15) is 0 Å². The van der Waals surface area contributed by atoms with Gasteiger partial charge in [-0.1, -0.05) is 30.3 Å². The Kier molecular flexibility index (Phi) is 7.27. The molecule has 4 amide bonds. The highest BCUT2D eigenvalue weighted by atomic mass is 16.5. The van der Waals surface area contributed by atoms with Gasteiger partial charge in [-0.15, -0.1) is 0 Å². The standard InChI is InChI=1S/C20H21N3O5/c1-13(2)21-20(27)23-17(24)12-28-19(26)15-10-6-7-11-16(15)22-18(25)14-8-4-3-5-9-14/h3-11,13H,12H2,1-2H3,(H,22,25)(H2,21,23,24,27). The molecule has 0 aromatic heterocycles. The smallest absolute Gasteiger partial charge is 0.340 e. The molecule has 0 radical (unpaired) electrons. The number of esters is 1. The van der Waals surface area contributed by atoms with E-state index in [0.717, 1.165) is 0 Å². The van der Waals surface area contributed by atoms with Gasteiger partial charge in [-0.25, -0.2) is 9.59 Å². The van der Waals surface area contributed by atoms with Crippen LogP contribution in [0.1, 0.15) is 34.6 Å². The maximum Gasteiger partial charge on any atom is 0.340 e. The van der Waals surface area contributed by atoms with E-state index in [1.165, 1.54) is 6.07 Å². The van der Waals surface area contributed by atoms with Gasteiger partial charge in [0.2, 0.25) is 0 Å². The van der Waals surface area contributed by atoms with Crippen molar-refractivity contribution in [1.82, 2.24) is 10.6 Å². The van der Waals surface area contributed by atoms with Crippen molar-refractivity contribution in [3.8, 4) is 0 Å². The Labute approximate surface area is 162 Å². The van der Waals surface area contributed by atoms with Crippen molar-refractivity contribution < 1.29 is 23.9 Å². The molecule has 0 spiro atoms. The van der Waals surface area contributed by atoms with Crippen molar-refractivity contribution in [2.24, 2.45) is 0 Å². The summed E-state index contributed by atoms with van der Waals surface area (Å²) >= 11 is 0. The van der Waals surface area contributed by atoms with E-state index in [-0.39, 0.29) is 23.2 Å². The zero-order chi connectivity index (χ0) is 20.5. The Balaban J connectivity index is 1.97. The summed E-state index contributed by atoms with van der Waals surface area (Å²) in [4.78, 5) is 47.7. The summed E-state index contributed by atoms with van der Waals surface area (Å²) < 4.78 is 4.94. The average Bonchev–Trinajstić information content (AvgIpc) is 2.66. The predicted molar refractivity (Wildman–Crippen MR) is 103 cm³/mol. The molecule has 28 heavy (non-hydrogen) atoms. The van der Waals surface area contributed by atoms with Crippen molar-refractivity contribution in [2.45, 2.75) is 19.9 Å². The fraction of sp³-hybridized carbons (Fsp3) is 0.200. The highest BCUT2D eigenvalue weighted by Crippen LogP contribution is 2.17. The molecular weight excluding hydrogens is 362 g/mol. The summed E-state index contributed by atoms with van der Waals surface area (Å²) in [6, 6.07) is 14.0. The number of nitrogens with one attached hydrogen (secondary N) is 3. The number of rotatable bonds is 6. The first-order chi connectivity index (χ1) is 13.4. The number of para-hydroxylation sites is 1. The maximum absolute atomic E-state index is 12.3. The molecule has 0 saturated carbocycles. The zero-order valence-corrected chi connectivity index (χ0v) is 15.5. The molecule has 0 aliphatic heterocycles. The Morgan fingerprint density at radius 3 is 2.25 bits per heavy atom. The summed E-state index contributed by atoms with van der Waals surface area (Å²) in [7, 11) is 0. The molecule has 8 nitrogen and oxygen atoms in total. The predicted octanol–water partition coefficient (Wildman–Crippen LogP) is 2.33. The molecule has 0 atom stereocenters. The molecule has 2 aromatic carbocycles. The second kappa shape index (κ2) is 9.86. The Morgan fingerprint density at radius 1 is 0.929 bits per heavy atom. The van der Waals surface area contributed by atoms with Crippen LogP contribution in [-0.4, -0.2) is 36.5 Å². The van der Waals surface area contributed by atoms with Gasteiger partial charge in [0.15, 0.2) is 6.61 Å². The van der Waals surface area contributed by atoms with Gasteiger partial charge < -0.3 is 15.4 Å². The first-order valence-electron chi connectivity index (χ1n) is 8.59. The van der Waals surface area contributed by atoms with E-state index in [4.69, 9.17) is 4.74 Å². The molecule has 0 saturated heterocycles. The summed E-state index contributed by atoms with van der Waals surface area (Å²) in [6.07, 6.45) is 0. The normalized spacial score (nSPS) is 10.1. The summed E-state index contributed by atoms with van der Waals surface area (Å²) in [5.74, 6) is -1.95. The number of anilines is 1. The maximum atomic E-state index is 12.3. The molecule has 0 heterocycles. The van der Waals surface area contributed by atoms with Crippen molar-refractivity contribution in [1.29, 1.82) is 0 Å². The molecule has 0 bridgehead atoms. The van der Waals surface area contributed by atoms with Gasteiger partial charge in [0.1, 0.15) is 0 Å². The fourth-order valence-corrected chi connectivity index (χ4v) is 2.22. The first kappa shape index (κ1) is 20.6. The number of urea groups is 1. The lowest BCUT2D eigenvalue weighted by Crippen LogP contribution is -2.44. The monoisotopic (exact) mass is 383 g/mol. The minimum Gasteiger partial charge on any atom is -0.452 e. The van der Waals surface area contributed by atoms with E-state index in [1.54, 1.807) is 62.4 Å². The number of benzene rings is 2. The highest BCUT2D eigenvalue weighted by molar-refractivity contribution is 6.08. The van der Waals surface area contributed by atoms with Crippen LogP contribution in [0.4, 0.5) is 10.5 Å². The molecule has 146 valence electrons. The molecule has 0 aliphatic carbocycles. The third-order valence-electron chi connectivity index (χ3n) is 3.44. The summed E-state index contributed by atoms with van der Waals surface area (Å²) in [6.45, 7) is 2.85. The number of hydrogen-bond acceptors (Lipinski definition) is 5. The number of amides is 4.